The van der Waals surface area contributed by atoms with Crippen LogP contribution in [-0.4, -0.2) is 87.2 Å². The molecule has 1 fully saturated rings. The van der Waals surface area contributed by atoms with Crippen LogP contribution in [0.4, 0.5) is 0 Å². The number of rotatable bonds is 13. The molecule has 0 aliphatic carbocycles. The lowest BCUT2D eigenvalue weighted by atomic mass is 9.84. The van der Waals surface area contributed by atoms with Crippen LogP contribution in [0, 0.1) is 5.92 Å². The summed E-state index contributed by atoms with van der Waals surface area (Å²) in [5.74, 6) is -1.37. The van der Waals surface area contributed by atoms with Crippen LogP contribution in [0.2, 0.25) is 0 Å². The van der Waals surface area contributed by atoms with Crippen molar-refractivity contribution >= 4 is 21.9 Å². The van der Waals surface area contributed by atoms with Gasteiger partial charge < -0.3 is 14.6 Å². The van der Waals surface area contributed by atoms with Gasteiger partial charge in [0, 0.05) is 31.6 Å². The second kappa shape index (κ2) is 12.0. The molecule has 35 heavy (non-hydrogen) atoms. The van der Waals surface area contributed by atoms with Crippen molar-refractivity contribution in [3.05, 3.63) is 23.8 Å². The molecule has 1 aromatic carbocycles. The summed E-state index contributed by atoms with van der Waals surface area (Å²) in [5, 5.41) is 11.5. The van der Waals surface area contributed by atoms with Gasteiger partial charge in [0.1, 0.15) is 0 Å². The maximum Gasteiger partial charge on any atom is 0.308 e. The number of benzene rings is 1. The van der Waals surface area contributed by atoms with E-state index in [1.807, 2.05) is 24.8 Å². The van der Waals surface area contributed by atoms with E-state index in [1.54, 1.807) is 12.1 Å². The molecule has 1 amide bonds. The molecule has 11 nitrogen and oxygen atoms in total. The molecule has 0 spiro atoms. The van der Waals surface area contributed by atoms with Crippen LogP contribution < -0.4 is 14.2 Å². The number of ether oxygens (including phenoxy) is 2. The van der Waals surface area contributed by atoms with Crippen molar-refractivity contribution in [3.8, 4) is 11.5 Å². The Morgan fingerprint density at radius 3 is 2.63 bits per heavy atom. The van der Waals surface area contributed by atoms with E-state index in [2.05, 4.69) is 4.72 Å². The van der Waals surface area contributed by atoms with Crippen LogP contribution in [0.25, 0.3) is 0 Å². The number of carboxylic acids is 1. The molecular weight excluding hydrogens is 478 g/mol. The predicted molar refractivity (Wildman–Crippen MR) is 128 cm³/mol. The lowest BCUT2D eigenvalue weighted by Crippen LogP contribution is -2.45. The fourth-order valence-electron chi connectivity index (χ4n) is 4.64. The van der Waals surface area contributed by atoms with Crippen molar-refractivity contribution in [2.75, 3.05) is 45.8 Å². The number of nitrogens with zero attached hydrogens (tertiary/aromatic N) is 2. The number of aliphatic carboxylic acids is 1. The minimum atomic E-state index is -3.44. The summed E-state index contributed by atoms with van der Waals surface area (Å²) >= 11 is 0. The van der Waals surface area contributed by atoms with Crippen LogP contribution in [0.1, 0.15) is 44.6 Å². The first kappa shape index (κ1) is 27.2. The normalized spacial score (nSPS) is 21.9. The second-order valence-electron chi connectivity index (χ2n) is 8.86. The lowest BCUT2D eigenvalue weighted by Gasteiger charge is -2.29. The molecule has 1 aromatic rings. The van der Waals surface area contributed by atoms with E-state index in [0.717, 1.165) is 18.2 Å². The number of hydrogen-bond donors (Lipinski definition) is 2. The van der Waals surface area contributed by atoms with Crippen molar-refractivity contribution in [1.82, 2.24) is 14.7 Å². The van der Waals surface area contributed by atoms with Crippen LogP contribution in [0.3, 0.4) is 0 Å². The highest BCUT2D eigenvalue weighted by molar-refractivity contribution is 7.88. The third-order valence-corrected chi connectivity index (χ3v) is 6.89. The Hall–Kier alpha value is -2.41. The number of nitrogens with one attached hydrogen (secondary N) is 1. The second-order valence-corrected chi connectivity index (χ2v) is 10.7. The highest BCUT2D eigenvalue weighted by atomic mass is 32.2. The Morgan fingerprint density at radius 1 is 1.23 bits per heavy atom. The first-order valence-electron chi connectivity index (χ1n) is 11.9. The van der Waals surface area contributed by atoms with E-state index in [4.69, 9.17) is 14.3 Å². The summed E-state index contributed by atoms with van der Waals surface area (Å²) < 4.78 is 36.5. The van der Waals surface area contributed by atoms with Gasteiger partial charge in [0.05, 0.1) is 25.3 Å². The third kappa shape index (κ3) is 7.06. The Labute approximate surface area is 206 Å². The molecule has 0 saturated carbocycles. The first-order valence-corrected chi connectivity index (χ1v) is 13.8. The molecule has 1 unspecified atom stereocenters. The smallest absolute Gasteiger partial charge is 0.308 e. The van der Waals surface area contributed by atoms with Crippen LogP contribution in [0.15, 0.2) is 18.2 Å². The van der Waals surface area contributed by atoms with E-state index in [0.29, 0.717) is 37.6 Å². The quantitative estimate of drug-likeness (QED) is 0.375. The van der Waals surface area contributed by atoms with E-state index in [-0.39, 0.29) is 32.2 Å². The van der Waals surface area contributed by atoms with E-state index < -0.39 is 33.9 Å². The Balaban J connectivity index is 1.86. The molecule has 2 N–H and O–H groups in total. The van der Waals surface area contributed by atoms with Gasteiger partial charge in [-0.25, -0.2) is 18.2 Å². The van der Waals surface area contributed by atoms with Crippen LogP contribution in [-0.2, 0) is 24.4 Å². The number of fused-ring (bicyclic) bond motifs is 1. The Morgan fingerprint density at radius 2 is 1.97 bits per heavy atom. The van der Waals surface area contributed by atoms with E-state index >= 15 is 0 Å². The zero-order valence-corrected chi connectivity index (χ0v) is 21.3. The SMILES string of the molecule is CCCON(CCC)C(=O)CN1C[C@H](c2ccc3c(c2)OCO3)C(C(=O)O)[C@@H]1CCNS(C)(=O)=O. The third-order valence-electron chi connectivity index (χ3n) is 6.16. The molecule has 12 heteroatoms. The molecule has 1 saturated heterocycles. The van der Waals surface area contributed by atoms with Gasteiger partial charge >= 0.3 is 5.97 Å². The number of carbonyl (C=O) groups excluding carboxylic acids is 1. The largest absolute Gasteiger partial charge is 0.481 e. The number of likely N-dealkylation sites (tertiary alicyclic amines) is 1. The molecule has 0 bridgehead atoms. The maximum atomic E-state index is 13.1. The van der Waals surface area contributed by atoms with E-state index in [9.17, 15) is 23.1 Å². The number of carboxylic acid groups (broad SMARTS) is 1. The van der Waals surface area contributed by atoms with Gasteiger partial charge in [-0.2, -0.15) is 0 Å². The van der Waals surface area contributed by atoms with Gasteiger partial charge in [-0.15, -0.1) is 0 Å². The van der Waals surface area contributed by atoms with Crippen molar-refractivity contribution in [3.63, 3.8) is 0 Å². The summed E-state index contributed by atoms with van der Waals surface area (Å²) in [4.78, 5) is 33.0. The molecule has 2 aliphatic rings. The number of hydroxylamine groups is 2. The number of hydrogen-bond acceptors (Lipinski definition) is 8. The number of sulfonamides is 1. The summed E-state index contributed by atoms with van der Waals surface area (Å²) in [6, 6.07) is 4.80. The lowest BCUT2D eigenvalue weighted by molar-refractivity contribution is -0.188. The summed E-state index contributed by atoms with van der Waals surface area (Å²) in [6.45, 7) is 5.20. The average molecular weight is 514 g/mol. The van der Waals surface area contributed by atoms with Gasteiger partial charge in [-0.05, 0) is 37.0 Å². The van der Waals surface area contributed by atoms with Gasteiger partial charge in [0.2, 0.25) is 16.8 Å². The molecule has 3 atom stereocenters. The summed E-state index contributed by atoms with van der Waals surface area (Å²) in [6.07, 6.45) is 2.77. The van der Waals surface area contributed by atoms with Gasteiger partial charge in [0.15, 0.2) is 11.5 Å². The zero-order chi connectivity index (χ0) is 25.6. The molecule has 196 valence electrons. The highest BCUT2D eigenvalue weighted by Gasteiger charge is 2.47. The van der Waals surface area contributed by atoms with Crippen LogP contribution >= 0.6 is 0 Å². The zero-order valence-electron chi connectivity index (χ0n) is 20.4. The van der Waals surface area contributed by atoms with Crippen molar-refractivity contribution in [2.45, 2.75) is 45.1 Å². The van der Waals surface area contributed by atoms with Crippen LogP contribution in [0.5, 0.6) is 11.5 Å². The molecular formula is C23H35N3O8S. The summed E-state index contributed by atoms with van der Waals surface area (Å²) in [5.41, 5.74) is 0.769. The monoisotopic (exact) mass is 513 g/mol. The van der Waals surface area contributed by atoms with E-state index in [1.165, 1.54) is 5.06 Å². The minimum Gasteiger partial charge on any atom is -0.481 e. The Bertz CT molecular complexity index is 1000. The van der Waals surface area contributed by atoms with Crippen molar-refractivity contribution in [1.29, 1.82) is 0 Å². The molecule has 2 heterocycles. The topological polar surface area (TPSA) is 135 Å². The predicted octanol–water partition coefficient (Wildman–Crippen LogP) is 1.40. The minimum absolute atomic E-state index is 0.0297. The van der Waals surface area contributed by atoms with Gasteiger partial charge in [-0.1, -0.05) is 19.9 Å². The standard InChI is InChI=1S/C23H35N3O8S/c1-4-10-26(34-11-5-2)21(27)14-25-13-17(16-6-7-19-20(12-16)33-15-32-19)22(23(28)29)18(25)8-9-24-35(3,30)31/h6-7,12,17-18,22,24H,4-5,8-11,13-15H2,1-3H3,(H,28,29)/t17-,18+,22?/m1/s1. The van der Waals surface area contributed by atoms with Crippen molar-refractivity contribution < 1.29 is 37.4 Å². The average Bonchev–Trinajstić information content (AvgIpc) is 3.40. The molecule has 2 aliphatic heterocycles. The fraction of sp³-hybridized carbons (Fsp3) is 0.652. The highest BCUT2D eigenvalue weighted by Crippen LogP contribution is 2.42. The first-order chi connectivity index (χ1) is 16.6. The number of carbonyl (C=O) groups is 2. The fourth-order valence-corrected chi connectivity index (χ4v) is 5.13. The molecule has 0 aromatic heterocycles. The summed E-state index contributed by atoms with van der Waals surface area (Å²) in [7, 11) is -3.44. The molecule has 3 rings (SSSR count). The Kier molecular flexibility index (Phi) is 9.34. The number of amides is 1. The van der Waals surface area contributed by atoms with Gasteiger partial charge in [-0.3, -0.25) is 19.3 Å². The maximum absolute atomic E-state index is 13.1. The molecule has 0 radical (unpaired) electrons. The van der Waals surface area contributed by atoms with Gasteiger partial charge in [0.25, 0.3) is 5.91 Å². The van der Waals surface area contributed by atoms with Crippen molar-refractivity contribution in [2.24, 2.45) is 5.92 Å².